The van der Waals surface area contributed by atoms with Gasteiger partial charge in [-0.1, -0.05) is 22.5 Å². The molecule has 0 rings (SSSR count). The number of hydrogen-bond donors (Lipinski definition) is 1. The van der Waals surface area contributed by atoms with Crippen molar-refractivity contribution in [2.24, 2.45) is 5.50 Å². The summed E-state index contributed by atoms with van der Waals surface area (Å²) in [6.45, 7) is 2.78. The van der Waals surface area contributed by atoms with E-state index in [1.165, 1.54) is 0 Å². The minimum atomic E-state index is -2.92. The summed E-state index contributed by atoms with van der Waals surface area (Å²) in [4.78, 5) is 0. The smallest absolute Gasteiger partial charge is 0.310 e. The molecule has 11 heavy (non-hydrogen) atoms. The third-order valence-corrected chi connectivity index (χ3v) is 4.60. The second kappa shape index (κ2) is 5.38. The Labute approximate surface area is 79.1 Å². The van der Waals surface area contributed by atoms with Crippen LogP contribution in [0.5, 0.6) is 0 Å². The van der Waals surface area contributed by atoms with E-state index in [1.54, 1.807) is 6.92 Å². The van der Waals surface area contributed by atoms with Crippen LogP contribution in [0.3, 0.4) is 0 Å². The van der Waals surface area contributed by atoms with Crippen LogP contribution in [-0.2, 0) is 9.09 Å². The van der Waals surface area contributed by atoms with Gasteiger partial charge in [-0.05, 0) is 22.8 Å². The van der Waals surface area contributed by atoms with Crippen molar-refractivity contribution in [3.8, 4) is 0 Å². The molecule has 0 bridgehead atoms. The van der Waals surface area contributed by atoms with Gasteiger partial charge in [0.15, 0.2) is 0 Å². The summed E-state index contributed by atoms with van der Waals surface area (Å²) in [6.07, 6.45) is 0. The van der Waals surface area contributed by atoms with Gasteiger partial charge < -0.3 is 4.52 Å². The monoisotopic (exact) mass is 259 g/mol. The van der Waals surface area contributed by atoms with Crippen molar-refractivity contribution in [3.63, 3.8) is 0 Å². The lowest BCUT2D eigenvalue weighted by atomic mass is 10.8. The van der Waals surface area contributed by atoms with Crippen molar-refractivity contribution in [2.75, 3.05) is 12.4 Å². The fraction of sp³-hybridized carbons (Fsp3) is 0.600. The molecule has 0 aliphatic rings. The highest BCUT2D eigenvalue weighted by atomic mass is 79.9. The quantitative estimate of drug-likeness (QED) is 0.772. The predicted molar refractivity (Wildman–Crippen MR) is 53.9 cm³/mol. The summed E-state index contributed by atoms with van der Waals surface area (Å²) in [5.74, 6) is 0.508. The molecule has 0 radical (unpaired) electrons. The first-order valence-electron chi connectivity index (χ1n) is 2.99. The van der Waals surface area contributed by atoms with Gasteiger partial charge in [-0.25, -0.2) is 0 Å². The van der Waals surface area contributed by atoms with Crippen LogP contribution < -0.4 is 5.50 Å². The van der Waals surface area contributed by atoms with E-state index < -0.39 is 6.72 Å². The average Bonchev–Trinajstić information content (AvgIpc) is 1.84. The van der Waals surface area contributed by atoms with E-state index in [4.69, 9.17) is 10.0 Å². The van der Waals surface area contributed by atoms with Crippen molar-refractivity contribution >= 4 is 34.0 Å². The molecule has 3 nitrogen and oxygen atoms in total. The topological polar surface area (TPSA) is 52.3 Å². The van der Waals surface area contributed by atoms with Crippen molar-refractivity contribution in [2.45, 2.75) is 6.92 Å². The Bertz CT molecular complexity index is 187. The van der Waals surface area contributed by atoms with Crippen LogP contribution in [-0.4, -0.2) is 12.4 Å². The summed E-state index contributed by atoms with van der Waals surface area (Å²) >= 11 is 4.21. The van der Waals surface area contributed by atoms with E-state index >= 15 is 0 Å². The van der Waals surface area contributed by atoms with E-state index in [1.807, 2.05) is 0 Å². The average molecular weight is 260 g/mol. The van der Waals surface area contributed by atoms with Gasteiger partial charge in [0.05, 0.1) is 6.61 Å². The standard InChI is InChI=1S/C5H11BrNO2PS/c1-3-9-10(7,8)11-4-5(2)6/h2-4H2,1H3,(H2,7,8). The van der Waals surface area contributed by atoms with Crippen LogP contribution in [0.4, 0.5) is 0 Å². The summed E-state index contributed by atoms with van der Waals surface area (Å²) < 4.78 is 16.7. The Morgan fingerprint density at radius 2 is 2.45 bits per heavy atom. The molecule has 66 valence electrons. The molecule has 2 N–H and O–H groups in total. The maximum Gasteiger partial charge on any atom is 0.324 e. The third kappa shape index (κ3) is 7.09. The molecule has 0 heterocycles. The van der Waals surface area contributed by atoms with Crippen LogP contribution in [0, 0.1) is 0 Å². The Morgan fingerprint density at radius 3 is 2.82 bits per heavy atom. The predicted octanol–water partition coefficient (Wildman–Crippen LogP) is 2.73. The molecular formula is C5H11BrNO2PS. The zero-order valence-corrected chi connectivity index (χ0v) is 9.55. The number of nitrogens with two attached hydrogens (primary N) is 1. The Balaban J connectivity index is 3.73. The molecule has 0 amide bonds. The minimum absolute atomic E-state index is 0.371. The van der Waals surface area contributed by atoms with E-state index in [9.17, 15) is 4.57 Å². The highest BCUT2D eigenvalue weighted by Gasteiger charge is 2.16. The molecule has 1 atom stereocenters. The molecule has 0 saturated carbocycles. The SMILES string of the molecule is C=C(Br)CSP(N)(=O)OCC. The van der Waals surface area contributed by atoms with Crippen LogP contribution in [0.1, 0.15) is 6.92 Å². The molecule has 0 aliphatic heterocycles. The summed E-state index contributed by atoms with van der Waals surface area (Å²) in [6, 6.07) is 0. The lowest BCUT2D eigenvalue weighted by molar-refractivity contribution is 0.346. The largest absolute Gasteiger partial charge is 0.324 e. The second-order valence-corrected chi connectivity index (χ2v) is 7.06. The van der Waals surface area contributed by atoms with Crippen molar-refractivity contribution in [1.82, 2.24) is 0 Å². The number of hydrogen-bond acceptors (Lipinski definition) is 3. The van der Waals surface area contributed by atoms with Gasteiger partial charge in [0.1, 0.15) is 0 Å². The van der Waals surface area contributed by atoms with Crippen LogP contribution in [0.2, 0.25) is 0 Å². The molecular weight excluding hydrogens is 249 g/mol. The normalized spacial score (nSPS) is 15.9. The Morgan fingerprint density at radius 1 is 1.91 bits per heavy atom. The third-order valence-electron chi connectivity index (χ3n) is 0.710. The highest BCUT2D eigenvalue weighted by molar-refractivity contribution is 9.12. The molecule has 1 unspecified atom stereocenters. The highest BCUT2D eigenvalue weighted by Crippen LogP contribution is 2.52. The second-order valence-electron chi connectivity index (χ2n) is 1.75. The molecule has 0 aliphatic carbocycles. The zero-order chi connectivity index (χ0) is 8.91. The van der Waals surface area contributed by atoms with Crippen molar-refractivity contribution in [1.29, 1.82) is 0 Å². The van der Waals surface area contributed by atoms with Crippen LogP contribution in [0.15, 0.2) is 11.1 Å². The molecule has 0 saturated heterocycles. The Hall–Kier alpha value is 0.720. The lowest BCUT2D eigenvalue weighted by Gasteiger charge is -2.09. The molecule has 6 heteroatoms. The van der Waals surface area contributed by atoms with Crippen LogP contribution >= 0.6 is 34.0 Å². The zero-order valence-electron chi connectivity index (χ0n) is 6.25. The van der Waals surface area contributed by atoms with Gasteiger partial charge in [0.2, 0.25) is 0 Å². The molecule has 0 aromatic rings. The maximum atomic E-state index is 11.2. The summed E-state index contributed by atoms with van der Waals surface area (Å²) in [7, 11) is 0. The van der Waals surface area contributed by atoms with Crippen molar-refractivity contribution < 1.29 is 9.09 Å². The summed E-state index contributed by atoms with van der Waals surface area (Å²) in [5.41, 5.74) is 5.31. The first kappa shape index (κ1) is 11.7. The van der Waals surface area contributed by atoms with Gasteiger partial charge >= 0.3 is 6.72 Å². The van der Waals surface area contributed by atoms with Gasteiger partial charge in [-0.3, -0.25) is 10.1 Å². The van der Waals surface area contributed by atoms with E-state index in [0.29, 0.717) is 12.4 Å². The first-order valence-corrected chi connectivity index (χ1v) is 7.06. The molecule has 0 aromatic carbocycles. The summed E-state index contributed by atoms with van der Waals surface area (Å²) in [5, 5.41) is 0. The van der Waals surface area contributed by atoms with E-state index in [0.717, 1.165) is 15.9 Å². The molecule has 0 aromatic heterocycles. The minimum Gasteiger partial charge on any atom is -0.310 e. The van der Waals surface area contributed by atoms with Gasteiger partial charge in [-0.2, -0.15) is 0 Å². The van der Waals surface area contributed by atoms with E-state index in [2.05, 4.69) is 22.5 Å². The number of halogens is 1. The first-order chi connectivity index (χ1) is 4.98. The van der Waals surface area contributed by atoms with Gasteiger partial charge in [0, 0.05) is 5.75 Å². The van der Waals surface area contributed by atoms with Crippen molar-refractivity contribution in [3.05, 3.63) is 11.1 Å². The number of rotatable bonds is 5. The van der Waals surface area contributed by atoms with Crippen LogP contribution in [0.25, 0.3) is 0 Å². The van der Waals surface area contributed by atoms with E-state index in [-0.39, 0.29) is 0 Å². The fourth-order valence-corrected chi connectivity index (χ4v) is 3.55. The Kier molecular flexibility index (Phi) is 5.73. The maximum absolute atomic E-state index is 11.2. The fourth-order valence-electron chi connectivity index (χ4n) is 0.377. The molecule has 0 spiro atoms. The molecule has 0 fully saturated rings. The van der Waals surface area contributed by atoms with Gasteiger partial charge in [-0.15, -0.1) is 0 Å². The lowest BCUT2D eigenvalue weighted by Crippen LogP contribution is -1.96. The van der Waals surface area contributed by atoms with Gasteiger partial charge in [0.25, 0.3) is 0 Å².